The van der Waals surface area contributed by atoms with Crippen molar-refractivity contribution in [2.24, 2.45) is 4.99 Å². The first-order valence-corrected chi connectivity index (χ1v) is 10.0. The molecule has 8 heteroatoms. The molecule has 0 atom stereocenters. The number of nitrogens with zero attached hydrogens (tertiary/aromatic N) is 3. The van der Waals surface area contributed by atoms with Crippen molar-refractivity contribution in [1.29, 1.82) is 0 Å². The van der Waals surface area contributed by atoms with E-state index in [0.717, 1.165) is 37.7 Å². The Hall–Kier alpha value is -1.61. The monoisotopic (exact) mass is 531 g/mol. The molecule has 1 aliphatic heterocycles. The van der Waals surface area contributed by atoms with E-state index < -0.39 is 0 Å². The van der Waals surface area contributed by atoms with Crippen LogP contribution >= 0.6 is 35.6 Å². The van der Waals surface area contributed by atoms with Gasteiger partial charge in [-0.2, -0.15) is 0 Å². The highest BCUT2D eigenvalue weighted by Crippen LogP contribution is 2.19. The van der Waals surface area contributed by atoms with E-state index in [0.29, 0.717) is 29.6 Å². The fourth-order valence-corrected chi connectivity index (χ4v) is 3.62. The number of aryl methyl sites for hydroxylation is 1. The van der Waals surface area contributed by atoms with Gasteiger partial charge in [0.1, 0.15) is 11.6 Å². The van der Waals surface area contributed by atoms with E-state index >= 15 is 0 Å². The molecule has 0 radical (unpaired) electrons. The minimum atomic E-state index is -0.269. The molecule has 1 saturated heterocycles. The lowest BCUT2D eigenvalue weighted by atomic mass is 10.1. The highest BCUT2D eigenvalue weighted by atomic mass is 127. The second kappa shape index (κ2) is 11.5. The average Bonchev–Trinajstić information content (AvgIpc) is 2.70. The number of nitrogens with one attached hydrogen (secondary N) is 2. The second-order valence-electron chi connectivity index (χ2n) is 7.05. The van der Waals surface area contributed by atoms with E-state index in [-0.39, 0.29) is 29.8 Å². The second-order valence-corrected chi connectivity index (χ2v) is 7.46. The van der Waals surface area contributed by atoms with Crippen LogP contribution in [0.1, 0.15) is 24.0 Å². The molecule has 0 aliphatic carbocycles. The molecule has 0 spiro atoms. The molecule has 3 rings (SSSR count). The van der Waals surface area contributed by atoms with Gasteiger partial charge in [0.2, 0.25) is 0 Å². The lowest BCUT2D eigenvalue weighted by molar-refractivity contribution is 0.459. The fourth-order valence-electron chi connectivity index (χ4n) is 3.37. The Morgan fingerprint density at radius 2 is 2.03 bits per heavy atom. The number of hydrogen-bond acceptors (Lipinski definition) is 3. The lowest BCUT2D eigenvalue weighted by Crippen LogP contribution is -2.49. The van der Waals surface area contributed by atoms with Gasteiger partial charge in [-0.05, 0) is 49.9 Å². The Kier molecular flexibility index (Phi) is 9.42. The zero-order valence-electron chi connectivity index (χ0n) is 16.8. The number of piperidine rings is 1. The quantitative estimate of drug-likeness (QED) is 0.345. The summed E-state index contributed by atoms with van der Waals surface area (Å²) >= 11 is 6.08. The van der Waals surface area contributed by atoms with E-state index in [9.17, 15) is 4.39 Å². The number of rotatable bonds is 5. The van der Waals surface area contributed by atoms with Crippen molar-refractivity contribution < 1.29 is 4.39 Å². The number of halogens is 3. The third-order valence-electron chi connectivity index (χ3n) is 5.01. The van der Waals surface area contributed by atoms with Crippen molar-refractivity contribution in [2.45, 2.75) is 32.2 Å². The summed E-state index contributed by atoms with van der Waals surface area (Å²) in [6.45, 7) is 4.52. The zero-order valence-corrected chi connectivity index (χ0v) is 19.9. The smallest absolute Gasteiger partial charge is 0.191 e. The van der Waals surface area contributed by atoms with Gasteiger partial charge >= 0.3 is 0 Å². The number of aromatic nitrogens is 1. The molecule has 1 aromatic carbocycles. The van der Waals surface area contributed by atoms with Crippen molar-refractivity contribution in [2.75, 3.05) is 31.6 Å². The maximum absolute atomic E-state index is 13.9. The molecule has 0 saturated carbocycles. The van der Waals surface area contributed by atoms with E-state index in [2.05, 4.69) is 37.6 Å². The van der Waals surface area contributed by atoms with Crippen LogP contribution in [-0.4, -0.2) is 43.7 Å². The molecule has 2 aromatic rings. The van der Waals surface area contributed by atoms with Gasteiger partial charge in [-0.3, -0.25) is 4.99 Å². The number of anilines is 1. The minimum absolute atomic E-state index is 0. The largest absolute Gasteiger partial charge is 0.356 e. The Morgan fingerprint density at radius 1 is 1.28 bits per heavy atom. The highest BCUT2D eigenvalue weighted by Gasteiger charge is 2.20. The number of benzene rings is 1. The summed E-state index contributed by atoms with van der Waals surface area (Å²) < 4.78 is 13.9. The standard InChI is InChI=1S/C21H27ClFN5.HI/c1-15-6-7-20(26-14-15)28-12-9-16(10-13-28)27-21(24-2)25-11-8-17-18(22)4-3-5-19(17)23;/h3-7,14,16H,8-13H2,1-2H3,(H2,24,25,27);1H. The Balaban J connectivity index is 0.00000300. The summed E-state index contributed by atoms with van der Waals surface area (Å²) in [5, 5.41) is 7.18. The van der Waals surface area contributed by atoms with Crippen LogP contribution in [-0.2, 0) is 6.42 Å². The predicted octanol–water partition coefficient (Wildman–Crippen LogP) is 4.18. The van der Waals surface area contributed by atoms with Crippen molar-refractivity contribution in [3.05, 3.63) is 58.5 Å². The molecule has 1 aliphatic rings. The van der Waals surface area contributed by atoms with Crippen LogP contribution in [0.4, 0.5) is 10.2 Å². The molecule has 158 valence electrons. The SMILES string of the molecule is CN=C(NCCc1c(F)cccc1Cl)NC1CCN(c2ccc(C)cn2)CC1.I. The number of guanidine groups is 1. The Bertz CT molecular complexity index is 787. The molecular weight excluding hydrogens is 504 g/mol. The topological polar surface area (TPSA) is 52.6 Å². The maximum Gasteiger partial charge on any atom is 0.191 e. The maximum atomic E-state index is 13.9. The van der Waals surface area contributed by atoms with Gasteiger partial charge in [-0.25, -0.2) is 9.37 Å². The molecule has 1 aromatic heterocycles. The van der Waals surface area contributed by atoms with Gasteiger partial charge in [0.05, 0.1) is 0 Å². The van der Waals surface area contributed by atoms with Crippen LogP contribution in [0.5, 0.6) is 0 Å². The molecule has 0 bridgehead atoms. The van der Waals surface area contributed by atoms with Crippen molar-refractivity contribution in [3.8, 4) is 0 Å². The average molecular weight is 532 g/mol. The first kappa shape index (κ1) is 23.7. The van der Waals surface area contributed by atoms with Gasteiger partial charge in [0, 0.05) is 49.5 Å². The summed E-state index contributed by atoms with van der Waals surface area (Å²) in [7, 11) is 1.75. The van der Waals surface area contributed by atoms with Crippen molar-refractivity contribution in [1.82, 2.24) is 15.6 Å². The fraction of sp³-hybridized carbons (Fsp3) is 0.429. The molecule has 2 N–H and O–H groups in total. The zero-order chi connectivity index (χ0) is 19.9. The summed E-state index contributed by atoms with van der Waals surface area (Å²) in [5.41, 5.74) is 1.71. The molecular formula is C21H28ClFIN5. The predicted molar refractivity (Wildman–Crippen MR) is 129 cm³/mol. The number of hydrogen-bond donors (Lipinski definition) is 2. The highest BCUT2D eigenvalue weighted by molar-refractivity contribution is 14.0. The van der Waals surface area contributed by atoms with Crippen LogP contribution in [0.3, 0.4) is 0 Å². The van der Waals surface area contributed by atoms with Crippen molar-refractivity contribution >= 4 is 47.4 Å². The third kappa shape index (κ3) is 6.70. The van der Waals surface area contributed by atoms with E-state index in [1.165, 1.54) is 11.6 Å². The summed E-state index contributed by atoms with van der Waals surface area (Å²) in [4.78, 5) is 11.1. The van der Waals surface area contributed by atoms with E-state index in [1.54, 1.807) is 19.2 Å². The van der Waals surface area contributed by atoms with Gasteiger partial charge < -0.3 is 15.5 Å². The number of aliphatic imine (C=N–C) groups is 1. The molecule has 5 nitrogen and oxygen atoms in total. The molecule has 0 amide bonds. The van der Waals surface area contributed by atoms with Crippen LogP contribution in [0, 0.1) is 12.7 Å². The van der Waals surface area contributed by atoms with Crippen LogP contribution in [0.15, 0.2) is 41.5 Å². The molecule has 0 unspecified atom stereocenters. The van der Waals surface area contributed by atoms with Gasteiger partial charge in [-0.1, -0.05) is 23.7 Å². The van der Waals surface area contributed by atoms with Gasteiger partial charge in [0.15, 0.2) is 5.96 Å². The summed E-state index contributed by atoms with van der Waals surface area (Å²) in [5.74, 6) is 1.50. The first-order valence-electron chi connectivity index (χ1n) is 9.64. The molecule has 1 fully saturated rings. The Labute approximate surface area is 194 Å². The first-order chi connectivity index (χ1) is 13.6. The van der Waals surface area contributed by atoms with Crippen LogP contribution in [0.25, 0.3) is 0 Å². The Morgan fingerprint density at radius 3 is 2.66 bits per heavy atom. The van der Waals surface area contributed by atoms with Crippen molar-refractivity contribution in [3.63, 3.8) is 0 Å². The number of pyridine rings is 1. The normalized spacial score (nSPS) is 15.0. The van der Waals surface area contributed by atoms with Gasteiger partial charge in [0.25, 0.3) is 0 Å². The van der Waals surface area contributed by atoms with Crippen LogP contribution in [0.2, 0.25) is 5.02 Å². The summed E-state index contributed by atoms with van der Waals surface area (Å²) in [6.07, 6.45) is 4.43. The van der Waals surface area contributed by atoms with Gasteiger partial charge in [-0.15, -0.1) is 24.0 Å². The molecule has 2 heterocycles. The minimum Gasteiger partial charge on any atom is -0.356 e. The van der Waals surface area contributed by atoms with E-state index in [1.807, 2.05) is 13.1 Å². The van der Waals surface area contributed by atoms with Crippen LogP contribution < -0.4 is 15.5 Å². The molecule has 29 heavy (non-hydrogen) atoms. The van der Waals surface area contributed by atoms with E-state index in [4.69, 9.17) is 11.6 Å². The lowest BCUT2D eigenvalue weighted by Gasteiger charge is -2.33. The third-order valence-corrected chi connectivity index (χ3v) is 5.36. The summed E-state index contributed by atoms with van der Waals surface area (Å²) in [6, 6.07) is 9.30.